The lowest BCUT2D eigenvalue weighted by atomic mass is 10.2. The monoisotopic (exact) mass is 411 g/mol. The fraction of sp³-hybridized carbons (Fsp3) is 0.364. The van der Waals surface area contributed by atoms with E-state index in [4.69, 9.17) is 14.2 Å². The molecule has 0 aliphatic heterocycles. The number of guanidine groups is 1. The van der Waals surface area contributed by atoms with Gasteiger partial charge in [-0.3, -0.25) is 4.99 Å². The molecular weight excluding hydrogens is 382 g/mol. The van der Waals surface area contributed by atoms with Crippen molar-refractivity contribution in [3.8, 4) is 17.2 Å². The van der Waals surface area contributed by atoms with Crippen molar-refractivity contribution in [3.05, 3.63) is 47.8 Å². The number of methoxy groups -OCH3 is 3. The van der Waals surface area contributed by atoms with Crippen LogP contribution in [-0.4, -0.2) is 50.8 Å². The highest BCUT2D eigenvalue weighted by atomic mass is 16.5. The fourth-order valence-electron chi connectivity index (χ4n) is 3.23. The Balaban J connectivity index is 1.50. The zero-order chi connectivity index (χ0) is 21.3. The third kappa shape index (κ3) is 5.14. The molecule has 0 amide bonds. The Morgan fingerprint density at radius 3 is 2.40 bits per heavy atom. The molecule has 0 aliphatic rings. The minimum absolute atomic E-state index is 0.569. The Bertz CT molecular complexity index is 941. The number of rotatable bonds is 9. The quantitative estimate of drug-likeness (QED) is 0.285. The molecule has 0 unspecified atom stereocenters. The first-order valence-electron chi connectivity index (χ1n) is 9.85. The minimum Gasteiger partial charge on any atom is -0.493 e. The largest absolute Gasteiger partial charge is 0.493 e. The molecule has 2 aromatic carbocycles. The SMILES string of the molecule is CN=C(NCCCc1nc2ccccc2[nH]1)NCc1cc(OC)c(OC)c(OC)c1. The van der Waals surface area contributed by atoms with Crippen molar-refractivity contribution in [1.82, 2.24) is 20.6 Å². The third-order valence-corrected chi connectivity index (χ3v) is 4.73. The van der Waals surface area contributed by atoms with Gasteiger partial charge in [-0.1, -0.05) is 12.1 Å². The number of hydrogen-bond acceptors (Lipinski definition) is 5. The van der Waals surface area contributed by atoms with Gasteiger partial charge in [-0.2, -0.15) is 0 Å². The molecule has 0 saturated heterocycles. The second-order valence-corrected chi connectivity index (χ2v) is 6.69. The van der Waals surface area contributed by atoms with Gasteiger partial charge in [0.1, 0.15) is 5.82 Å². The molecule has 0 atom stereocenters. The van der Waals surface area contributed by atoms with E-state index in [1.54, 1.807) is 28.4 Å². The molecule has 8 nitrogen and oxygen atoms in total. The molecule has 3 aromatic rings. The number of ether oxygens (including phenoxy) is 3. The van der Waals surface area contributed by atoms with Crippen molar-refractivity contribution in [2.24, 2.45) is 4.99 Å². The Morgan fingerprint density at radius 1 is 1.03 bits per heavy atom. The number of nitrogens with one attached hydrogen (secondary N) is 3. The Labute approximate surface area is 176 Å². The molecule has 3 N–H and O–H groups in total. The van der Waals surface area contributed by atoms with Gasteiger partial charge in [0.15, 0.2) is 17.5 Å². The Kier molecular flexibility index (Phi) is 7.37. The lowest BCUT2D eigenvalue weighted by molar-refractivity contribution is 0.323. The zero-order valence-electron chi connectivity index (χ0n) is 17.9. The predicted octanol–water partition coefficient (Wildman–Crippen LogP) is 2.89. The number of H-pyrrole nitrogens is 1. The van der Waals surface area contributed by atoms with Crippen LogP contribution in [0.25, 0.3) is 11.0 Å². The van der Waals surface area contributed by atoms with Crippen molar-refractivity contribution < 1.29 is 14.2 Å². The molecule has 0 radical (unpaired) electrons. The minimum atomic E-state index is 0.569. The van der Waals surface area contributed by atoms with E-state index >= 15 is 0 Å². The number of benzene rings is 2. The van der Waals surface area contributed by atoms with Gasteiger partial charge in [-0.05, 0) is 36.2 Å². The maximum Gasteiger partial charge on any atom is 0.203 e. The summed E-state index contributed by atoms with van der Waals surface area (Å²) in [6.07, 6.45) is 1.80. The average molecular weight is 412 g/mol. The molecule has 30 heavy (non-hydrogen) atoms. The van der Waals surface area contributed by atoms with Crippen LogP contribution in [-0.2, 0) is 13.0 Å². The van der Waals surface area contributed by atoms with Gasteiger partial charge in [-0.25, -0.2) is 4.98 Å². The van der Waals surface area contributed by atoms with Gasteiger partial charge in [-0.15, -0.1) is 0 Å². The van der Waals surface area contributed by atoms with Crippen LogP contribution >= 0.6 is 0 Å². The van der Waals surface area contributed by atoms with Gasteiger partial charge >= 0.3 is 0 Å². The molecule has 8 heteroatoms. The van der Waals surface area contributed by atoms with E-state index in [0.717, 1.165) is 47.8 Å². The topological polar surface area (TPSA) is 92.8 Å². The number of aliphatic imine (C=N–C) groups is 1. The molecule has 0 fully saturated rings. The summed E-state index contributed by atoms with van der Waals surface area (Å²) in [6.45, 7) is 1.35. The third-order valence-electron chi connectivity index (χ3n) is 4.73. The van der Waals surface area contributed by atoms with Crippen LogP contribution in [0.15, 0.2) is 41.4 Å². The summed E-state index contributed by atoms with van der Waals surface area (Å²) in [4.78, 5) is 12.3. The number of fused-ring (bicyclic) bond motifs is 1. The van der Waals surface area contributed by atoms with E-state index in [0.29, 0.717) is 23.8 Å². The molecular formula is C22H29N5O3. The number of imidazole rings is 1. The Morgan fingerprint density at radius 2 is 1.77 bits per heavy atom. The van der Waals surface area contributed by atoms with Crippen molar-refractivity contribution >= 4 is 17.0 Å². The van der Waals surface area contributed by atoms with E-state index in [9.17, 15) is 0 Å². The number of para-hydroxylation sites is 2. The predicted molar refractivity (Wildman–Crippen MR) is 119 cm³/mol. The van der Waals surface area contributed by atoms with Crippen LogP contribution in [0.5, 0.6) is 17.2 Å². The molecule has 3 rings (SSSR count). The van der Waals surface area contributed by atoms with Gasteiger partial charge < -0.3 is 29.8 Å². The molecule has 160 valence electrons. The van der Waals surface area contributed by atoms with Crippen LogP contribution in [0, 0.1) is 0 Å². The van der Waals surface area contributed by atoms with Crippen molar-refractivity contribution in [3.63, 3.8) is 0 Å². The normalized spacial score (nSPS) is 11.4. The van der Waals surface area contributed by atoms with Crippen molar-refractivity contribution in [2.45, 2.75) is 19.4 Å². The van der Waals surface area contributed by atoms with Gasteiger partial charge in [0.25, 0.3) is 0 Å². The number of hydrogen-bond donors (Lipinski definition) is 3. The first-order valence-corrected chi connectivity index (χ1v) is 9.85. The number of aromatic nitrogens is 2. The van der Waals surface area contributed by atoms with E-state index in [1.165, 1.54) is 0 Å². The standard InChI is InChI=1S/C22H29N5O3/c1-23-22(24-11-7-10-20-26-16-8-5-6-9-17(16)27-20)25-14-15-12-18(28-2)21(30-4)19(13-15)29-3/h5-6,8-9,12-13H,7,10-11,14H2,1-4H3,(H,26,27)(H2,23,24,25). The zero-order valence-corrected chi connectivity index (χ0v) is 17.9. The number of aryl methyl sites for hydroxylation is 1. The van der Waals surface area contributed by atoms with E-state index in [-0.39, 0.29) is 0 Å². The summed E-state index contributed by atoms with van der Waals surface area (Å²) in [5, 5.41) is 6.64. The van der Waals surface area contributed by atoms with Crippen molar-refractivity contribution in [2.75, 3.05) is 34.9 Å². The van der Waals surface area contributed by atoms with Crippen LogP contribution < -0.4 is 24.8 Å². The highest BCUT2D eigenvalue weighted by Gasteiger charge is 2.13. The maximum absolute atomic E-state index is 5.41. The summed E-state index contributed by atoms with van der Waals surface area (Å²) < 4.78 is 16.2. The van der Waals surface area contributed by atoms with Crippen molar-refractivity contribution in [1.29, 1.82) is 0 Å². The first kappa shape index (κ1) is 21.3. The van der Waals surface area contributed by atoms with Crippen LogP contribution in [0.3, 0.4) is 0 Å². The second-order valence-electron chi connectivity index (χ2n) is 6.69. The smallest absolute Gasteiger partial charge is 0.203 e. The van der Waals surface area contributed by atoms with E-state index in [2.05, 4.69) is 25.6 Å². The van der Waals surface area contributed by atoms with E-state index < -0.39 is 0 Å². The van der Waals surface area contributed by atoms with Gasteiger partial charge in [0, 0.05) is 26.6 Å². The molecule has 0 saturated carbocycles. The maximum atomic E-state index is 5.41. The molecule has 1 heterocycles. The van der Waals surface area contributed by atoms with Crippen LogP contribution in [0.2, 0.25) is 0 Å². The summed E-state index contributed by atoms with van der Waals surface area (Å²) in [5.74, 6) is 3.56. The first-order chi connectivity index (χ1) is 14.7. The highest BCUT2D eigenvalue weighted by Crippen LogP contribution is 2.38. The summed E-state index contributed by atoms with van der Waals surface area (Å²) in [6, 6.07) is 11.9. The number of aromatic amines is 1. The number of nitrogens with zero attached hydrogens (tertiary/aromatic N) is 2. The molecule has 1 aromatic heterocycles. The molecule has 0 spiro atoms. The summed E-state index contributed by atoms with van der Waals surface area (Å²) in [5.41, 5.74) is 3.07. The molecule has 0 bridgehead atoms. The van der Waals surface area contributed by atoms with Crippen LogP contribution in [0.1, 0.15) is 17.8 Å². The average Bonchev–Trinajstić information content (AvgIpc) is 3.20. The van der Waals surface area contributed by atoms with Crippen LogP contribution in [0.4, 0.5) is 0 Å². The van der Waals surface area contributed by atoms with Gasteiger partial charge in [0.2, 0.25) is 5.75 Å². The fourth-order valence-corrected chi connectivity index (χ4v) is 3.23. The van der Waals surface area contributed by atoms with Gasteiger partial charge in [0.05, 0.1) is 32.4 Å². The lowest BCUT2D eigenvalue weighted by Crippen LogP contribution is -2.37. The summed E-state index contributed by atoms with van der Waals surface area (Å²) in [7, 11) is 6.56. The second kappa shape index (κ2) is 10.4. The highest BCUT2D eigenvalue weighted by molar-refractivity contribution is 5.79. The lowest BCUT2D eigenvalue weighted by Gasteiger charge is -2.16. The molecule has 0 aliphatic carbocycles. The summed E-state index contributed by atoms with van der Waals surface area (Å²) >= 11 is 0. The van der Waals surface area contributed by atoms with E-state index in [1.807, 2.05) is 36.4 Å². The Hall–Kier alpha value is -3.42.